The zero-order chi connectivity index (χ0) is 20.0. The molecule has 3 aromatic carbocycles. The Labute approximate surface area is 168 Å². The number of anilines is 1. The standard InChI is InChI=1S/C24H20N2O3/c27-21-23(29)26-16-15-25(22(28)17-9-3-1-4-10-17)20-14-8-7-13-19(20)24(21,26)18-11-5-2-6-12-18/h1-14,21,27H,15-16H2. The van der Waals surface area contributed by atoms with Crippen LogP contribution in [-0.2, 0) is 10.3 Å². The number of β-lactam (4-membered cyclic amide) rings is 1. The molecule has 0 aromatic heterocycles. The number of benzene rings is 3. The number of hydrogen-bond donors (Lipinski definition) is 1. The molecule has 5 heteroatoms. The van der Waals surface area contributed by atoms with E-state index in [2.05, 4.69) is 0 Å². The second-order valence-electron chi connectivity index (χ2n) is 7.36. The van der Waals surface area contributed by atoms with Gasteiger partial charge in [0.1, 0.15) is 5.54 Å². The minimum absolute atomic E-state index is 0.120. The van der Waals surface area contributed by atoms with Crippen LogP contribution in [0.5, 0.6) is 0 Å². The summed E-state index contributed by atoms with van der Waals surface area (Å²) in [5, 5.41) is 10.9. The Morgan fingerprint density at radius 2 is 1.48 bits per heavy atom. The molecule has 0 aliphatic carbocycles. The van der Waals surface area contributed by atoms with Crippen molar-refractivity contribution in [1.82, 2.24) is 4.90 Å². The van der Waals surface area contributed by atoms with E-state index < -0.39 is 11.6 Å². The smallest absolute Gasteiger partial charge is 0.258 e. The lowest BCUT2D eigenvalue weighted by molar-refractivity contribution is -0.179. The van der Waals surface area contributed by atoms with Gasteiger partial charge in [0.05, 0.1) is 5.69 Å². The monoisotopic (exact) mass is 384 g/mol. The van der Waals surface area contributed by atoms with Crippen LogP contribution in [0.3, 0.4) is 0 Å². The van der Waals surface area contributed by atoms with E-state index in [1.54, 1.807) is 21.9 Å². The van der Waals surface area contributed by atoms with E-state index in [0.717, 1.165) is 16.8 Å². The summed E-state index contributed by atoms with van der Waals surface area (Å²) in [6, 6.07) is 26.2. The third-order valence-electron chi connectivity index (χ3n) is 5.95. The lowest BCUT2D eigenvalue weighted by atomic mass is 9.70. The topological polar surface area (TPSA) is 60.9 Å². The highest BCUT2D eigenvalue weighted by Gasteiger charge is 2.63. The number of nitrogens with zero attached hydrogens (tertiary/aromatic N) is 2. The molecule has 2 atom stereocenters. The molecule has 144 valence electrons. The molecule has 0 bridgehead atoms. The predicted molar refractivity (Wildman–Crippen MR) is 110 cm³/mol. The van der Waals surface area contributed by atoms with Gasteiger partial charge < -0.3 is 14.9 Å². The molecule has 3 aromatic rings. The van der Waals surface area contributed by atoms with Gasteiger partial charge in [-0.15, -0.1) is 0 Å². The van der Waals surface area contributed by atoms with Gasteiger partial charge in [0.25, 0.3) is 11.8 Å². The Morgan fingerprint density at radius 1 is 0.862 bits per heavy atom. The van der Waals surface area contributed by atoms with Gasteiger partial charge in [-0.1, -0.05) is 66.7 Å². The number of aliphatic hydroxyl groups is 1. The number of hydrogen-bond acceptors (Lipinski definition) is 3. The van der Waals surface area contributed by atoms with E-state index in [1.807, 2.05) is 72.8 Å². The fraction of sp³-hybridized carbons (Fsp3) is 0.167. The molecule has 1 saturated heterocycles. The molecule has 2 aliphatic rings. The Balaban J connectivity index is 1.71. The van der Waals surface area contributed by atoms with Crippen molar-refractivity contribution in [3.05, 3.63) is 102 Å². The number of aliphatic hydroxyl groups excluding tert-OH is 1. The summed E-state index contributed by atoms with van der Waals surface area (Å²) in [5.74, 6) is -0.427. The van der Waals surface area contributed by atoms with Crippen molar-refractivity contribution in [2.24, 2.45) is 0 Å². The molecule has 29 heavy (non-hydrogen) atoms. The largest absolute Gasteiger partial charge is 0.380 e. The van der Waals surface area contributed by atoms with Crippen LogP contribution in [0.15, 0.2) is 84.9 Å². The first kappa shape index (κ1) is 17.6. The van der Waals surface area contributed by atoms with Crippen molar-refractivity contribution in [3.63, 3.8) is 0 Å². The van der Waals surface area contributed by atoms with Crippen LogP contribution in [0.2, 0.25) is 0 Å². The Hall–Kier alpha value is -3.44. The minimum Gasteiger partial charge on any atom is -0.380 e. The highest BCUT2D eigenvalue weighted by atomic mass is 16.3. The second kappa shape index (κ2) is 6.57. The molecular weight excluding hydrogens is 364 g/mol. The van der Waals surface area contributed by atoms with Crippen molar-refractivity contribution in [3.8, 4) is 0 Å². The summed E-state index contributed by atoms with van der Waals surface area (Å²) >= 11 is 0. The Morgan fingerprint density at radius 3 is 2.21 bits per heavy atom. The molecule has 2 heterocycles. The first-order chi connectivity index (χ1) is 14.2. The molecule has 0 saturated carbocycles. The fourth-order valence-electron chi connectivity index (χ4n) is 4.62. The molecule has 1 N–H and O–H groups in total. The third-order valence-corrected chi connectivity index (χ3v) is 5.95. The maximum absolute atomic E-state index is 13.3. The van der Waals surface area contributed by atoms with E-state index in [0.29, 0.717) is 18.7 Å². The van der Waals surface area contributed by atoms with Crippen molar-refractivity contribution in [2.45, 2.75) is 11.6 Å². The van der Waals surface area contributed by atoms with Gasteiger partial charge in [0.2, 0.25) is 0 Å². The fourth-order valence-corrected chi connectivity index (χ4v) is 4.62. The van der Waals surface area contributed by atoms with Crippen LogP contribution >= 0.6 is 0 Å². The van der Waals surface area contributed by atoms with Gasteiger partial charge in [-0.05, 0) is 23.8 Å². The zero-order valence-electron chi connectivity index (χ0n) is 15.7. The van der Waals surface area contributed by atoms with Gasteiger partial charge in [0.15, 0.2) is 6.10 Å². The van der Waals surface area contributed by atoms with E-state index in [1.165, 1.54) is 0 Å². The quantitative estimate of drug-likeness (QED) is 0.691. The lowest BCUT2D eigenvalue weighted by Gasteiger charge is -2.55. The minimum atomic E-state index is -1.18. The van der Waals surface area contributed by atoms with Crippen LogP contribution in [0, 0.1) is 0 Å². The van der Waals surface area contributed by atoms with Crippen molar-refractivity contribution < 1.29 is 14.7 Å². The average molecular weight is 384 g/mol. The Kier molecular flexibility index (Phi) is 4.00. The summed E-state index contributed by atoms with van der Waals surface area (Å²) in [6.45, 7) is 0.704. The first-order valence-electron chi connectivity index (χ1n) is 9.67. The van der Waals surface area contributed by atoms with E-state index in [-0.39, 0.29) is 11.8 Å². The molecule has 0 spiro atoms. The molecule has 2 unspecified atom stereocenters. The number of para-hydroxylation sites is 1. The summed E-state index contributed by atoms with van der Waals surface area (Å²) in [4.78, 5) is 29.4. The number of carbonyl (C=O) groups is 2. The highest BCUT2D eigenvalue weighted by Crippen LogP contribution is 2.51. The van der Waals surface area contributed by atoms with E-state index in [9.17, 15) is 14.7 Å². The molecule has 0 radical (unpaired) electrons. The normalized spacial score (nSPS) is 22.9. The molecular formula is C24H20N2O3. The summed E-state index contributed by atoms with van der Waals surface area (Å²) in [7, 11) is 0. The molecule has 5 rings (SSSR count). The summed E-state index contributed by atoms with van der Waals surface area (Å²) in [6.07, 6.45) is -1.18. The number of amides is 2. The summed E-state index contributed by atoms with van der Waals surface area (Å²) < 4.78 is 0. The number of fused-ring (bicyclic) bond motifs is 3. The average Bonchev–Trinajstić information content (AvgIpc) is 2.93. The Bertz CT molecular complexity index is 1080. The maximum Gasteiger partial charge on any atom is 0.258 e. The van der Waals surface area contributed by atoms with Gasteiger partial charge in [-0.3, -0.25) is 9.59 Å². The first-order valence-corrected chi connectivity index (χ1v) is 9.67. The van der Waals surface area contributed by atoms with Gasteiger partial charge in [0, 0.05) is 24.2 Å². The maximum atomic E-state index is 13.3. The second-order valence-corrected chi connectivity index (χ2v) is 7.36. The van der Waals surface area contributed by atoms with Gasteiger partial charge >= 0.3 is 0 Å². The van der Waals surface area contributed by atoms with Gasteiger partial charge in [-0.2, -0.15) is 0 Å². The van der Waals surface area contributed by atoms with Crippen molar-refractivity contribution in [2.75, 3.05) is 18.0 Å². The van der Waals surface area contributed by atoms with Crippen LogP contribution < -0.4 is 4.90 Å². The van der Waals surface area contributed by atoms with Gasteiger partial charge in [-0.25, -0.2) is 0 Å². The van der Waals surface area contributed by atoms with Crippen LogP contribution in [0.25, 0.3) is 0 Å². The summed E-state index contributed by atoms with van der Waals surface area (Å²) in [5.41, 5.74) is 1.93. The van der Waals surface area contributed by atoms with Crippen molar-refractivity contribution in [1.29, 1.82) is 0 Å². The third kappa shape index (κ3) is 2.37. The highest BCUT2D eigenvalue weighted by molar-refractivity contribution is 6.07. The predicted octanol–water partition coefficient (Wildman–Crippen LogP) is 2.79. The van der Waals surface area contributed by atoms with E-state index >= 15 is 0 Å². The van der Waals surface area contributed by atoms with Crippen LogP contribution in [-0.4, -0.2) is 41.0 Å². The lowest BCUT2D eigenvalue weighted by Crippen LogP contribution is -2.72. The molecule has 5 nitrogen and oxygen atoms in total. The van der Waals surface area contributed by atoms with Crippen molar-refractivity contribution >= 4 is 17.5 Å². The van der Waals surface area contributed by atoms with Crippen LogP contribution in [0.4, 0.5) is 5.69 Å². The van der Waals surface area contributed by atoms with E-state index in [4.69, 9.17) is 0 Å². The number of carbonyl (C=O) groups excluding carboxylic acids is 2. The number of rotatable bonds is 2. The SMILES string of the molecule is O=C(c1ccccc1)N1CCN2C(=O)C(O)C2(c2ccccc2)c2ccccc21. The molecule has 1 fully saturated rings. The van der Waals surface area contributed by atoms with Crippen LogP contribution in [0.1, 0.15) is 21.5 Å². The zero-order valence-corrected chi connectivity index (χ0v) is 15.7. The molecule has 2 amide bonds. The molecule has 2 aliphatic heterocycles.